The molecular weight excluding hydrogens is 162 g/mol. The minimum Gasteiger partial charge on any atom is -0.398 e. The molecule has 0 amide bonds. The lowest BCUT2D eigenvalue weighted by molar-refractivity contribution is 1.06. The van der Waals surface area contributed by atoms with Crippen molar-refractivity contribution in [3.63, 3.8) is 0 Å². The number of benzene rings is 1. The summed E-state index contributed by atoms with van der Waals surface area (Å²) in [6.07, 6.45) is 5.39. The van der Waals surface area contributed by atoms with Gasteiger partial charge in [0.2, 0.25) is 0 Å². The molecule has 0 radical (unpaired) electrons. The van der Waals surface area contributed by atoms with Gasteiger partial charge in [0.1, 0.15) is 0 Å². The van der Waals surface area contributed by atoms with Gasteiger partial charge in [-0.15, -0.1) is 0 Å². The van der Waals surface area contributed by atoms with Gasteiger partial charge in [-0.3, -0.25) is 0 Å². The van der Waals surface area contributed by atoms with Gasteiger partial charge in [-0.2, -0.15) is 0 Å². The zero-order chi connectivity index (χ0) is 9.26. The standard InChI is InChI=1S/C10H11N3/c1-8-2-3-9(6-10(8)11)13-5-4-12-7-13/h2-7H,11H2,1H3. The van der Waals surface area contributed by atoms with Crippen LogP contribution in [0, 0.1) is 6.92 Å². The van der Waals surface area contributed by atoms with Gasteiger partial charge in [0.25, 0.3) is 0 Å². The molecule has 0 aliphatic heterocycles. The van der Waals surface area contributed by atoms with Crippen LogP contribution in [0.5, 0.6) is 0 Å². The van der Waals surface area contributed by atoms with Crippen LogP contribution in [0.15, 0.2) is 36.9 Å². The van der Waals surface area contributed by atoms with E-state index in [1.54, 1.807) is 12.5 Å². The Hall–Kier alpha value is -1.77. The molecule has 3 nitrogen and oxygen atoms in total. The predicted octanol–water partition coefficient (Wildman–Crippen LogP) is 1.76. The van der Waals surface area contributed by atoms with E-state index in [-0.39, 0.29) is 0 Å². The van der Waals surface area contributed by atoms with Gasteiger partial charge >= 0.3 is 0 Å². The predicted molar refractivity (Wildman–Crippen MR) is 52.7 cm³/mol. The summed E-state index contributed by atoms with van der Waals surface area (Å²) in [6, 6.07) is 5.97. The average molecular weight is 173 g/mol. The maximum atomic E-state index is 5.79. The number of nitrogen functional groups attached to an aromatic ring is 1. The minimum absolute atomic E-state index is 0.811. The van der Waals surface area contributed by atoms with Gasteiger partial charge in [-0.1, -0.05) is 6.07 Å². The number of aryl methyl sites for hydroxylation is 1. The van der Waals surface area contributed by atoms with Crippen molar-refractivity contribution in [3.8, 4) is 5.69 Å². The summed E-state index contributed by atoms with van der Waals surface area (Å²) in [5, 5.41) is 0. The Balaban J connectivity index is 2.49. The first-order valence-electron chi connectivity index (χ1n) is 4.12. The number of nitrogens with zero attached hydrogens (tertiary/aromatic N) is 2. The molecule has 1 heterocycles. The Bertz CT molecular complexity index is 404. The van der Waals surface area contributed by atoms with E-state index in [0.29, 0.717) is 0 Å². The third kappa shape index (κ3) is 1.40. The summed E-state index contributed by atoms with van der Waals surface area (Å²) in [4.78, 5) is 3.97. The molecule has 2 N–H and O–H groups in total. The van der Waals surface area contributed by atoms with E-state index in [9.17, 15) is 0 Å². The minimum atomic E-state index is 0.811. The smallest absolute Gasteiger partial charge is 0.0991 e. The summed E-state index contributed by atoms with van der Waals surface area (Å²) in [6.45, 7) is 1.99. The van der Waals surface area contributed by atoms with Crippen molar-refractivity contribution >= 4 is 5.69 Å². The molecule has 0 saturated carbocycles. The molecule has 0 unspecified atom stereocenters. The van der Waals surface area contributed by atoms with Crippen LogP contribution in [0.3, 0.4) is 0 Å². The van der Waals surface area contributed by atoms with Crippen LogP contribution in [-0.2, 0) is 0 Å². The molecule has 0 fully saturated rings. The lowest BCUT2D eigenvalue weighted by Gasteiger charge is -2.04. The fourth-order valence-corrected chi connectivity index (χ4v) is 1.20. The molecule has 0 bridgehead atoms. The van der Waals surface area contributed by atoms with Crippen molar-refractivity contribution in [3.05, 3.63) is 42.5 Å². The number of hydrogen-bond donors (Lipinski definition) is 1. The van der Waals surface area contributed by atoms with Crippen LogP contribution in [0.4, 0.5) is 5.69 Å². The monoisotopic (exact) mass is 173 g/mol. The highest BCUT2D eigenvalue weighted by atomic mass is 15.0. The summed E-state index contributed by atoms with van der Waals surface area (Å²) >= 11 is 0. The van der Waals surface area contributed by atoms with Gasteiger partial charge in [0.15, 0.2) is 0 Å². The number of anilines is 1. The van der Waals surface area contributed by atoms with Gasteiger partial charge in [0.05, 0.1) is 6.33 Å². The van der Waals surface area contributed by atoms with Crippen molar-refractivity contribution in [2.24, 2.45) is 0 Å². The van der Waals surface area contributed by atoms with Crippen LogP contribution < -0.4 is 5.73 Å². The normalized spacial score (nSPS) is 10.2. The number of aromatic nitrogens is 2. The summed E-state index contributed by atoms with van der Waals surface area (Å²) in [5.41, 5.74) is 8.75. The lowest BCUT2D eigenvalue weighted by atomic mass is 10.2. The first-order valence-corrected chi connectivity index (χ1v) is 4.12. The van der Waals surface area contributed by atoms with Gasteiger partial charge < -0.3 is 10.3 Å². The fraction of sp³-hybridized carbons (Fsp3) is 0.100. The zero-order valence-electron chi connectivity index (χ0n) is 7.44. The maximum Gasteiger partial charge on any atom is 0.0991 e. The molecule has 0 atom stereocenters. The first-order chi connectivity index (χ1) is 6.27. The van der Waals surface area contributed by atoms with E-state index in [1.807, 2.05) is 35.9 Å². The molecule has 0 aliphatic carbocycles. The topological polar surface area (TPSA) is 43.8 Å². The van der Waals surface area contributed by atoms with Crippen LogP contribution in [-0.4, -0.2) is 9.55 Å². The zero-order valence-corrected chi connectivity index (χ0v) is 7.44. The number of imidazole rings is 1. The fourth-order valence-electron chi connectivity index (χ4n) is 1.20. The van der Waals surface area contributed by atoms with E-state index in [4.69, 9.17) is 5.73 Å². The Morgan fingerprint density at radius 3 is 2.85 bits per heavy atom. The Morgan fingerprint density at radius 1 is 1.38 bits per heavy atom. The van der Waals surface area contributed by atoms with Gasteiger partial charge in [-0.05, 0) is 24.6 Å². The Morgan fingerprint density at radius 2 is 2.23 bits per heavy atom. The van der Waals surface area contributed by atoms with E-state index in [0.717, 1.165) is 16.9 Å². The van der Waals surface area contributed by atoms with Crippen molar-refractivity contribution in [2.75, 3.05) is 5.73 Å². The summed E-state index contributed by atoms with van der Waals surface area (Å²) in [5.74, 6) is 0. The molecule has 2 aromatic rings. The first kappa shape index (κ1) is 7.86. The summed E-state index contributed by atoms with van der Waals surface area (Å²) < 4.78 is 1.93. The molecule has 0 saturated heterocycles. The van der Waals surface area contributed by atoms with Crippen LogP contribution >= 0.6 is 0 Å². The molecule has 2 rings (SSSR count). The highest BCUT2D eigenvalue weighted by Crippen LogP contribution is 2.15. The van der Waals surface area contributed by atoms with Crippen molar-refractivity contribution in [1.29, 1.82) is 0 Å². The molecule has 1 aromatic carbocycles. The van der Waals surface area contributed by atoms with Crippen molar-refractivity contribution < 1.29 is 0 Å². The quantitative estimate of drug-likeness (QED) is 0.668. The largest absolute Gasteiger partial charge is 0.398 e. The van der Waals surface area contributed by atoms with Crippen molar-refractivity contribution in [2.45, 2.75) is 6.92 Å². The molecular formula is C10H11N3. The molecule has 3 heteroatoms. The molecule has 0 aliphatic rings. The summed E-state index contributed by atoms with van der Waals surface area (Å²) in [7, 11) is 0. The van der Waals surface area contributed by atoms with Crippen LogP contribution in [0.1, 0.15) is 5.56 Å². The van der Waals surface area contributed by atoms with E-state index in [1.165, 1.54) is 0 Å². The van der Waals surface area contributed by atoms with E-state index in [2.05, 4.69) is 4.98 Å². The second-order valence-electron chi connectivity index (χ2n) is 3.01. The lowest BCUT2D eigenvalue weighted by Crippen LogP contribution is -1.94. The van der Waals surface area contributed by atoms with Gasteiger partial charge in [0, 0.05) is 23.8 Å². The molecule has 1 aromatic heterocycles. The number of rotatable bonds is 1. The average Bonchev–Trinajstić information content (AvgIpc) is 2.62. The number of hydrogen-bond acceptors (Lipinski definition) is 2. The molecule has 66 valence electrons. The van der Waals surface area contributed by atoms with E-state index >= 15 is 0 Å². The third-order valence-corrected chi connectivity index (χ3v) is 2.07. The highest BCUT2D eigenvalue weighted by Gasteiger charge is 1.97. The second-order valence-corrected chi connectivity index (χ2v) is 3.01. The second kappa shape index (κ2) is 2.94. The molecule has 0 spiro atoms. The van der Waals surface area contributed by atoms with Crippen molar-refractivity contribution in [1.82, 2.24) is 9.55 Å². The Labute approximate surface area is 76.8 Å². The van der Waals surface area contributed by atoms with Crippen LogP contribution in [0.2, 0.25) is 0 Å². The number of nitrogens with two attached hydrogens (primary N) is 1. The SMILES string of the molecule is Cc1ccc(-n2ccnc2)cc1N. The third-order valence-electron chi connectivity index (χ3n) is 2.07. The highest BCUT2D eigenvalue weighted by molar-refractivity contribution is 5.53. The molecule has 13 heavy (non-hydrogen) atoms. The van der Waals surface area contributed by atoms with Crippen LogP contribution in [0.25, 0.3) is 5.69 Å². The van der Waals surface area contributed by atoms with E-state index < -0.39 is 0 Å². The van der Waals surface area contributed by atoms with Gasteiger partial charge in [-0.25, -0.2) is 4.98 Å². The maximum absolute atomic E-state index is 5.79. The Kier molecular flexibility index (Phi) is 1.77.